The Labute approximate surface area is 146 Å². The number of methoxy groups -OCH3 is 1. The Morgan fingerprint density at radius 1 is 1.19 bits per heavy atom. The molecule has 0 saturated heterocycles. The van der Waals surface area contributed by atoms with E-state index in [0.29, 0.717) is 5.69 Å². The van der Waals surface area contributed by atoms with Gasteiger partial charge in [0, 0.05) is 11.8 Å². The second-order valence-electron chi connectivity index (χ2n) is 4.83. The van der Waals surface area contributed by atoms with Crippen LogP contribution < -0.4 is 19.5 Å². The highest BCUT2D eigenvalue weighted by Crippen LogP contribution is 2.31. The van der Waals surface area contributed by atoms with Crippen LogP contribution in [0.1, 0.15) is 0 Å². The molecule has 0 spiro atoms. The molecule has 2 aromatic rings. The first-order chi connectivity index (χ1) is 12.4. The van der Waals surface area contributed by atoms with Crippen LogP contribution in [-0.4, -0.2) is 31.2 Å². The number of carbonyl (C=O) groups is 1. The summed E-state index contributed by atoms with van der Waals surface area (Å²) in [4.78, 5) is 22.1. The van der Waals surface area contributed by atoms with Gasteiger partial charge in [-0.2, -0.15) is 8.78 Å². The fourth-order valence-electron chi connectivity index (χ4n) is 1.95. The lowest BCUT2D eigenvalue weighted by atomic mass is 10.3. The van der Waals surface area contributed by atoms with Gasteiger partial charge in [-0.05, 0) is 30.3 Å². The van der Waals surface area contributed by atoms with Crippen molar-refractivity contribution in [3.63, 3.8) is 0 Å². The van der Waals surface area contributed by atoms with Crippen molar-refractivity contribution in [2.45, 2.75) is 6.61 Å². The van der Waals surface area contributed by atoms with Crippen LogP contribution in [-0.2, 0) is 4.79 Å². The number of hydrogen-bond acceptors (Lipinski definition) is 6. The van der Waals surface area contributed by atoms with Crippen LogP contribution in [0.5, 0.6) is 17.2 Å². The molecular weight excluding hydrogens is 354 g/mol. The molecular formula is C16H14F2N2O6. The molecule has 1 amide bonds. The lowest BCUT2D eigenvalue weighted by Crippen LogP contribution is -2.20. The van der Waals surface area contributed by atoms with Gasteiger partial charge in [-0.3, -0.25) is 14.9 Å². The Hall–Kier alpha value is -3.43. The van der Waals surface area contributed by atoms with Gasteiger partial charge in [0.05, 0.1) is 18.1 Å². The molecule has 0 bridgehead atoms. The lowest BCUT2D eigenvalue weighted by Gasteiger charge is -2.11. The third kappa shape index (κ3) is 5.30. The Bertz CT molecular complexity index is 783. The second kappa shape index (κ2) is 8.60. The summed E-state index contributed by atoms with van der Waals surface area (Å²) in [5.74, 6) is -0.328. The Balaban J connectivity index is 1.96. The molecule has 138 valence electrons. The number of non-ortho nitro benzene ring substituents is 1. The molecule has 0 heterocycles. The number of anilines is 1. The Morgan fingerprint density at radius 3 is 2.46 bits per heavy atom. The van der Waals surface area contributed by atoms with Crippen LogP contribution in [0.3, 0.4) is 0 Å². The van der Waals surface area contributed by atoms with E-state index in [-0.39, 0.29) is 22.9 Å². The van der Waals surface area contributed by atoms with E-state index in [9.17, 15) is 23.7 Å². The average Bonchev–Trinajstić information content (AvgIpc) is 2.60. The second-order valence-corrected chi connectivity index (χ2v) is 4.83. The van der Waals surface area contributed by atoms with Gasteiger partial charge in [0.15, 0.2) is 18.1 Å². The Morgan fingerprint density at radius 2 is 1.88 bits per heavy atom. The molecule has 0 aromatic heterocycles. The maximum atomic E-state index is 12.1. The number of nitro benzene ring substituents is 1. The van der Waals surface area contributed by atoms with Crippen molar-refractivity contribution in [2.24, 2.45) is 0 Å². The standard InChI is InChI=1S/C16H14F2N2O6/c1-24-13-7-4-11(20(22)23)8-14(13)25-9-15(21)19-10-2-5-12(6-3-10)26-16(17)18/h2-8,16H,9H2,1H3,(H,19,21). The van der Waals surface area contributed by atoms with Gasteiger partial charge in [0.25, 0.3) is 11.6 Å². The van der Waals surface area contributed by atoms with Gasteiger partial charge in [-0.25, -0.2) is 0 Å². The summed E-state index contributed by atoms with van der Waals surface area (Å²) in [6, 6.07) is 9.04. The van der Waals surface area contributed by atoms with Crippen molar-refractivity contribution in [3.05, 3.63) is 52.6 Å². The number of halogens is 2. The number of hydrogen-bond donors (Lipinski definition) is 1. The van der Waals surface area contributed by atoms with E-state index < -0.39 is 24.0 Å². The highest BCUT2D eigenvalue weighted by Gasteiger charge is 2.14. The predicted molar refractivity (Wildman–Crippen MR) is 86.8 cm³/mol. The van der Waals surface area contributed by atoms with Crippen LogP contribution in [0.4, 0.5) is 20.2 Å². The van der Waals surface area contributed by atoms with Crippen LogP contribution >= 0.6 is 0 Å². The van der Waals surface area contributed by atoms with E-state index in [4.69, 9.17) is 9.47 Å². The van der Waals surface area contributed by atoms with Gasteiger partial charge in [0.2, 0.25) is 0 Å². The molecule has 0 aliphatic rings. The van der Waals surface area contributed by atoms with E-state index in [2.05, 4.69) is 10.1 Å². The lowest BCUT2D eigenvalue weighted by molar-refractivity contribution is -0.385. The third-order valence-electron chi connectivity index (χ3n) is 3.08. The summed E-state index contributed by atoms with van der Waals surface area (Å²) in [6.45, 7) is -3.37. The molecule has 8 nitrogen and oxygen atoms in total. The topological polar surface area (TPSA) is 99.9 Å². The molecule has 2 aromatic carbocycles. The molecule has 10 heteroatoms. The summed E-state index contributed by atoms with van der Waals surface area (Å²) >= 11 is 0. The van der Waals surface area contributed by atoms with E-state index >= 15 is 0 Å². The number of carbonyl (C=O) groups excluding carboxylic acids is 1. The number of ether oxygens (including phenoxy) is 3. The fourth-order valence-corrected chi connectivity index (χ4v) is 1.95. The minimum absolute atomic E-state index is 0.0394. The molecule has 0 radical (unpaired) electrons. The largest absolute Gasteiger partial charge is 0.493 e. The van der Waals surface area contributed by atoms with E-state index in [1.54, 1.807) is 0 Å². The normalized spacial score (nSPS) is 10.3. The zero-order valence-electron chi connectivity index (χ0n) is 13.5. The number of rotatable bonds is 8. The summed E-state index contributed by atoms with van der Waals surface area (Å²) in [5, 5.41) is 13.3. The SMILES string of the molecule is COc1ccc([N+](=O)[O-])cc1OCC(=O)Nc1ccc(OC(F)F)cc1. The maximum absolute atomic E-state index is 12.1. The zero-order valence-corrected chi connectivity index (χ0v) is 13.5. The first-order valence-corrected chi connectivity index (χ1v) is 7.19. The summed E-state index contributed by atoms with van der Waals surface area (Å²) in [7, 11) is 1.36. The van der Waals surface area contributed by atoms with Gasteiger partial charge >= 0.3 is 6.61 Å². The van der Waals surface area contributed by atoms with Crippen LogP contribution in [0.15, 0.2) is 42.5 Å². The van der Waals surface area contributed by atoms with E-state index in [0.717, 1.165) is 6.07 Å². The number of benzene rings is 2. The number of nitrogens with one attached hydrogen (secondary N) is 1. The predicted octanol–water partition coefficient (Wildman–Crippen LogP) is 3.22. The minimum atomic E-state index is -2.94. The van der Waals surface area contributed by atoms with Crippen molar-refractivity contribution in [1.82, 2.24) is 0 Å². The first kappa shape index (κ1) is 18.9. The Kier molecular flexibility index (Phi) is 6.25. The smallest absolute Gasteiger partial charge is 0.387 e. The van der Waals surface area contributed by atoms with Gasteiger partial charge in [-0.1, -0.05) is 0 Å². The van der Waals surface area contributed by atoms with Gasteiger partial charge in [-0.15, -0.1) is 0 Å². The molecule has 1 N–H and O–H groups in total. The summed E-state index contributed by atoms with van der Waals surface area (Å²) in [6.07, 6.45) is 0. The molecule has 2 rings (SSSR count). The molecule has 0 saturated carbocycles. The monoisotopic (exact) mass is 368 g/mol. The van der Waals surface area contributed by atoms with Gasteiger partial charge < -0.3 is 19.5 Å². The van der Waals surface area contributed by atoms with Crippen LogP contribution in [0, 0.1) is 10.1 Å². The summed E-state index contributed by atoms with van der Waals surface area (Å²) < 4.78 is 38.6. The number of nitrogens with zero attached hydrogens (tertiary/aromatic N) is 1. The molecule has 0 aliphatic heterocycles. The maximum Gasteiger partial charge on any atom is 0.387 e. The molecule has 0 unspecified atom stereocenters. The van der Waals surface area contributed by atoms with Crippen molar-refractivity contribution in [3.8, 4) is 17.2 Å². The minimum Gasteiger partial charge on any atom is -0.493 e. The van der Waals surface area contributed by atoms with E-state index in [1.807, 2.05) is 0 Å². The number of nitro groups is 1. The zero-order chi connectivity index (χ0) is 19.1. The average molecular weight is 368 g/mol. The molecule has 26 heavy (non-hydrogen) atoms. The van der Waals surface area contributed by atoms with Crippen molar-refractivity contribution in [1.29, 1.82) is 0 Å². The van der Waals surface area contributed by atoms with Crippen LogP contribution in [0.25, 0.3) is 0 Å². The van der Waals surface area contributed by atoms with E-state index in [1.165, 1.54) is 43.5 Å². The highest BCUT2D eigenvalue weighted by atomic mass is 19.3. The third-order valence-corrected chi connectivity index (χ3v) is 3.08. The quantitative estimate of drug-likeness (QED) is 0.567. The van der Waals surface area contributed by atoms with Crippen LogP contribution in [0.2, 0.25) is 0 Å². The van der Waals surface area contributed by atoms with Gasteiger partial charge in [0.1, 0.15) is 5.75 Å². The summed E-state index contributed by atoms with van der Waals surface area (Å²) in [5.41, 5.74) is 0.127. The number of amides is 1. The van der Waals surface area contributed by atoms with Crippen molar-refractivity contribution in [2.75, 3.05) is 19.0 Å². The first-order valence-electron chi connectivity index (χ1n) is 7.19. The fraction of sp³-hybridized carbons (Fsp3) is 0.188. The molecule has 0 aliphatic carbocycles. The highest BCUT2D eigenvalue weighted by molar-refractivity contribution is 5.91. The van der Waals surface area contributed by atoms with Crippen molar-refractivity contribution >= 4 is 17.3 Å². The number of alkyl halides is 2. The molecule has 0 atom stereocenters. The molecule has 0 fully saturated rings. The van der Waals surface area contributed by atoms with Crippen molar-refractivity contribution < 1.29 is 32.7 Å².